The molecule has 110 valence electrons. The van der Waals surface area contributed by atoms with E-state index < -0.39 is 10.0 Å². The zero-order chi connectivity index (χ0) is 14.5. The molecule has 0 unspecified atom stereocenters. The highest BCUT2D eigenvalue weighted by molar-refractivity contribution is 7.89. The lowest BCUT2D eigenvalue weighted by Gasteiger charge is -2.16. The number of sulfonamides is 1. The van der Waals surface area contributed by atoms with Crippen molar-refractivity contribution in [1.82, 2.24) is 19.8 Å². The Morgan fingerprint density at radius 3 is 2.79 bits per heavy atom. The lowest BCUT2D eigenvalue weighted by Crippen LogP contribution is -2.31. The summed E-state index contributed by atoms with van der Waals surface area (Å²) in [5.74, 6) is 0. The van der Waals surface area contributed by atoms with Gasteiger partial charge in [0.1, 0.15) is 0 Å². The van der Waals surface area contributed by atoms with E-state index in [0.29, 0.717) is 25.3 Å². The third kappa shape index (κ3) is 4.27. The van der Waals surface area contributed by atoms with E-state index in [1.165, 1.54) is 24.7 Å². The van der Waals surface area contributed by atoms with Crippen molar-refractivity contribution in [2.45, 2.75) is 31.5 Å². The van der Waals surface area contributed by atoms with Crippen LogP contribution >= 0.6 is 0 Å². The molecule has 0 aliphatic heterocycles. The molecule has 0 bridgehead atoms. The Balaban J connectivity index is 2.86. The van der Waals surface area contributed by atoms with Crippen molar-refractivity contribution in [3.63, 3.8) is 0 Å². The van der Waals surface area contributed by atoms with E-state index >= 15 is 0 Å². The van der Waals surface area contributed by atoms with Gasteiger partial charge in [0.15, 0.2) is 5.03 Å². The number of nitrogens with one attached hydrogen (secondary N) is 2. The lowest BCUT2D eigenvalue weighted by molar-refractivity contribution is 0.185. The fourth-order valence-electron chi connectivity index (χ4n) is 1.46. The maximum absolute atomic E-state index is 12.3. The standard InChI is InChI=1S/C11H22N4O3S/c1-9(2)12-7-10-8-13-14-11(10)19(16,17)15(3)5-6-18-4/h8-9,12H,5-7H2,1-4H3,(H,13,14). The summed E-state index contributed by atoms with van der Waals surface area (Å²) < 4.78 is 30.8. The van der Waals surface area contributed by atoms with E-state index in [1.807, 2.05) is 13.8 Å². The average Bonchev–Trinajstić information content (AvgIpc) is 2.82. The maximum Gasteiger partial charge on any atom is 0.260 e. The first-order valence-corrected chi connectivity index (χ1v) is 7.54. The monoisotopic (exact) mass is 290 g/mol. The summed E-state index contributed by atoms with van der Waals surface area (Å²) in [5, 5.41) is 9.71. The third-order valence-electron chi connectivity index (χ3n) is 2.66. The number of methoxy groups -OCH3 is 1. The number of hydrogen-bond donors (Lipinski definition) is 2. The van der Waals surface area contributed by atoms with Gasteiger partial charge in [-0.1, -0.05) is 13.8 Å². The number of rotatable bonds is 8. The molecule has 2 N–H and O–H groups in total. The summed E-state index contributed by atoms with van der Waals surface area (Å²) in [5.41, 5.74) is 0.637. The molecule has 0 amide bonds. The molecule has 8 heteroatoms. The number of ether oxygens (including phenoxy) is 1. The molecule has 19 heavy (non-hydrogen) atoms. The van der Waals surface area contributed by atoms with Crippen molar-refractivity contribution in [3.8, 4) is 0 Å². The SMILES string of the molecule is COCCN(C)S(=O)(=O)c1[nH]ncc1CNC(C)C. The number of nitrogens with zero attached hydrogens (tertiary/aromatic N) is 2. The Morgan fingerprint density at radius 1 is 1.53 bits per heavy atom. The Labute approximate surface area is 114 Å². The molecule has 0 radical (unpaired) electrons. The van der Waals surface area contributed by atoms with Gasteiger partial charge in [-0.25, -0.2) is 8.42 Å². The predicted octanol–water partition coefficient (Wildman–Crippen LogP) is 0.175. The van der Waals surface area contributed by atoms with Crippen LogP contribution in [0.15, 0.2) is 11.2 Å². The highest BCUT2D eigenvalue weighted by Gasteiger charge is 2.25. The molecule has 0 saturated heterocycles. The zero-order valence-corrected chi connectivity index (χ0v) is 12.6. The average molecular weight is 290 g/mol. The van der Waals surface area contributed by atoms with E-state index in [9.17, 15) is 8.42 Å². The molecule has 7 nitrogen and oxygen atoms in total. The third-order valence-corrected chi connectivity index (χ3v) is 4.53. The first-order valence-electron chi connectivity index (χ1n) is 6.10. The van der Waals surface area contributed by atoms with Crippen molar-refractivity contribution in [3.05, 3.63) is 11.8 Å². The summed E-state index contributed by atoms with van der Waals surface area (Å²) in [6, 6.07) is 0.275. The van der Waals surface area contributed by atoms with Crippen molar-refractivity contribution in [2.75, 3.05) is 27.3 Å². The van der Waals surface area contributed by atoms with Gasteiger partial charge in [0.2, 0.25) is 0 Å². The summed E-state index contributed by atoms with van der Waals surface area (Å²) in [4.78, 5) is 0. The van der Waals surface area contributed by atoms with Gasteiger partial charge < -0.3 is 10.1 Å². The van der Waals surface area contributed by atoms with Gasteiger partial charge in [-0.05, 0) is 0 Å². The van der Waals surface area contributed by atoms with Gasteiger partial charge in [0.05, 0.1) is 12.8 Å². The number of aromatic nitrogens is 2. The first-order chi connectivity index (χ1) is 8.89. The Morgan fingerprint density at radius 2 is 2.21 bits per heavy atom. The molecule has 1 rings (SSSR count). The highest BCUT2D eigenvalue weighted by Crippen LogP contribution is 2.16. The quantitative estimate of drug-likeness (QED) is 0.713. The molecular weight excluding hydrogens is 268 g/mol. The molecule has 0 saturated carbocycles. The van der Waals surface area contributed by atoms with Crippen LogP contribution in [0.5, 0.6) is 0 Å². The van der Waals surface area contributed by atoms with E-state index in [2.05, 4.69) is 15.5 Å². The maximum atomic E-state index is 12.3. The van der Waals surface area contributed by atoms with Crippen LogP contribution < -0.4 is 5.32 Å². The number of aromatic amines is 1. The largest absolute Gasteiger partial charge is 0.383 e. The second kappa shape index (κ2) is 6.99. The first kappa shape index (κ1) is 16.1. The van der Waals surface area contributed by atoms with Gasteiger partial charge in [0.25, 0.3) is 10.0 Å². The van der Waals surface area contributed by atoms with E-state index in [4.69, 9.17) is 4.74 Å². The Hall–Kier alpha value is -0.960. The number of H-pyrrole nitrogens is 1. The molecule has 1 heterocycles. The molecule has 0 aliphatic carbocycles. The van der Waals surface area contributed by atoms with Gasteiger partial charge in [0, 0.05) is 38.9 Å². The number of hydrogen-bond acceptors (Lipinski definition) is 5. The Bertz CT molecular complexity index is 484. The van der Waals surface area contributed by atoms with Crippen LogP contribution in [0.2, 0.25) is 0 Å². The molecule has 1 aromatic heterocycles. The summed E-state index contributed by atoms with van der Waals surface area (Å²) in [6.45, 7) is 5.11. The highest BCUT2D eigenvalue weighted by atomic mass is 32.2. The van der Waals surface area contributed by atoms with E-state index in [0.717, 1.165) is 0 Å². The topological polar surface area (TPSA) is 87.3 Å². The van der Waals surface area contributed by atoms with Crippen LogP contribution in [0.3, 0.4) is 0 Å². The normalized spacial score (nSPS) is 12.5. The van der Waals surface area contributed by atoms with Crippen LogP contribution in [-0.4, -0.2) is 56.3 Å². The van der Waals surface area contributed by atoms with Crippen molar-refractivity contribution >= 4 is 10.0 Å². The molecule has 1 aromatic rings. The second-order valence-corrected chi connectivity index (χ2v) is 6.56. The minimum atomic E-state index is -3.55. The smallest absolute Gasteiger partial charge is 0.260 e. The molecule has 0 aliphatic rings. The van der Waals surface area contributed by atoms with E-state index in [-0.39, 0.29) is 11.1 Å². The predicted molar refractivity (Wildman–Crippen MR) is 72.3 cm³/mol. The lowest BCUT2D eigenvalue weighted by atomic mass is 10.3. The van der Waals surface area contributed by atoms with Crippen LogP contribution in [0.4, 0.5) is 0 Å². The van der Waals surface area contributed by atoms with Crippen LogP contribution in [-0.2, 0) is 21.3 Å². The second-order valence-electron chi connectivity index (χ2n) is 4.58. The minimum Gasteiger partial charge on any atom is -0.383 e. The summed E-state index contributed by atoms with van der Waals surface area (Å²) >= 11 is 0. The van der Waals surface area contributed by atoms with Crippen LogP contribution in [0, 0.1) is 0 Å². The number of likely N-dealkylation sites (N-methyl/N-ethyl adjacent to an activating group) is 1. The Kier molecular flexibility index (Phi) is 5.92. The molecule has 0 atom stereocenters. The van der Waals surface area contributed by atoms with Crippen LogP contribution in [0.1, 0.15) is 19.4 Å². The fraction of sp³-hybridized carbons (Fsp3) is 0.727. The molecular formula is C11H22N4O3S. The molecule has 0 fully saturated rings. The van der Waals surface area contributed by atoms with Crippen molar-refractivity contribution < 1.29 is 13.2 Å². The van der Waals surface area contributed by atoms with Crippen LogP contribution in [0.25, 0.3) is 0 Å². The van der Waals surface area contributed by atoms with Gasteiger partial charge in [-0.2, -0.15) is 9.40 Å². The zero-order valence-electron chi connectivity index (χ0n) is 11.8. The van der Waals surface area contributed by atoms with E-state index in [1.54, 1.807) is 0 Å². The molecule has 0 spiro atoms. The van der Waals surface area contributed by atoms with Gasteiger partial charge >= 0.3 is 0 Å². The van der Waals surface area contributed by atoms with Gasteiger partial charge in [-0.15, -0.1) is 0 Å². The molecule has 0 aromatic carbocycles. The minimum absolute atomic E-state index is 0.138. The van der Waals surface area contributed by atoms with Crippen molar-refractivity contribution in [2.24, 2.45) is 0 Å². The van der Waals surface area contributed by atoms with Gasteiger partial charge in [-0.3, -0.25) is 5.10 Å². The summed E-state index contributed by atoms with van der Waals surface area (Å²) in [6.07, 6.45) is 1.53. The van der Waals surface area contributed by atoms with Crippen molar-refractivity contribution in [1.29, 1.82) is 0 Å². The fourth-order valence-corrected chi connectivity index (χ4v) is 2.71. The summed E-state index contributed by atoms with van der Waals surface area (Å²) in [7, 11) is -0.492.